The maximum absolute atomic E-state index is 12.6. The predicted molar refractivity (Wildman–Crippen MR) is 114 cm³/mol. The highest BCUT2D eigenvalue weighted by Gasteiger charge is 2.20. The summed E-state index contributed by atoms with van der Waals surface area (Å²) in [4.78, 5) is 39.5. The second-order valence-electron chi connectivity index (χ2n) is 6.47. The lowest BCUT2D eigenvalue weighted by Crippen LogP contribution is -2.32. The Morgan fingerprint density at radius 2 is 1.77 bits per heavy atom. The van der Waals surface area contributed by atoms with Gasteiger partial charge in [-0.15, -0.1) is 0 Å². The van der Waals surface area contributed by atoms with E-state index in [0.29, 0.717) is 22.8 Å². The van der Waals surface area contributed by atoms with Crippen LogP contribution in [0.2, 0.25) is 0 Å². The molecular formula is C22H23N5O3. The number of pyridine rings is 1. The van der Waals surface area contributed by atoms with Crippen molar-refractivity contribution in [1.29, 1.82) is 0 Å². The Labute approximate surface area is 175 Å². The third-order valence-electron chi connectivity index (χ3n) is 4.48. The van der Waals surface area contributed by atoms with Gasteiger partial charge in [-0.3, -0.25) is 9.78 Å². The minimum atomic E-state index is -0.538. The number of carbonyl (C=O) groups excluding carboxylic acids is 2. The van der Waals surface area contributed by atoms with Crippen molar-refractivity contribution in [3.05, 3.63) is 66.1 Å². The molecule has 3 aromatic rings. The molecule has 1 N–H and O–H groups in total. The molecule has 0 aliphatic carbocycles. The van der Waals surface area contributed by atoms with Crippen molar-refractivity contribution < 1.29 is 14.3 Å². The van der Waals surface area contributed by atoms with Gasteiger partial charge in [-0.2, -0.15) is 0 Å². The number of hydrogen-bond donors (Lipinski definition) is 1. The highest BCUT2D eigenvalue weighted by atomic mass is 16.5. The summed E-state index contributed by atoms with van der Waals surface area (Å²) < 4.78 is 5.13. The molecule has 0 spiro atoms. The van der Waals surface area contributed by atoms with Crippen molar-refractivity contribution in [3.63, 3.8) is 0 Å². The Hall–Kier alpha value is -3.81. The molecule has 2 aromatic heterocycles. The van der Waals surface area contributed by atoms with E-state index in [4.69, 9.17) is 4.74 Å². The van der Waals surface area contributed by atoms with Crippen LogP contribution in [0.5, 0.6) is 0 Å². The van der Waals surface area contributed by atoms with Crippen molar-refractivity contribution in [2.45, 2.75) is 13.8 Å². The molecule has 8 heteroatoms. The van der Waals surface area contributed by atoms with E-state index in [1.165, 1.54) is 0 Å². The molecule has 0 radical (unpaired) electrons. The van der Waals surface area contributed by atoms with Crippen molar-refractivity contribution in [3.8, 4) is 11.4 Å². The first-order valence-electron chi connectivity index (χ1n) is 9.53. The SMILES string of the molecule is CCOC(=O)c1nc(-c2ccncc2)nc(NCC(=O)N(C)c2ccccc2)c1C. The molecular weight excluding hydrogens is 382 g/mol. The average molecular weight is 405 g/mol. The molecule has 0 unspecified atom stereocenters. The fraction of sp³-hybridized carbons (Fsp3) is 0.227. The second-order valence-corrected chi connectivity index (χ2v) is 6.47. The molecule has 0 aliphatic heterocycles. The Morgan fingerprint density at radius 3 is 2.43 bits per heavy atom. The van der Waals surface area contributed by atoms with Gasteiger partial charge in [-0.05, 0) is 38.1 Å². The number of likely N-dealkylation sites (N-methyl/N-ethyl adjacent to an activating group) is 1. The van der Waals surface area contributed by atoms with Gasteiger partial charge in [0.15, 0.2) is 11.5 Å². The number of esters is 1. The Balaban J connectivity index is 1.88. The van der Waals surface area contributed by atoms with E-state index in [1.807, 2.05) is 30.3 Å². The zero-order chi connectivity index (χ0) is 21.5. The number of nitrogens with zero attached hydrogens (tertiary/aromatic N) is 4. The topological polar surface area (TPSA) is 97.3 Å². The van der Waals surface area contributed by atoms with Gasteiger partial charge < -0.3 is 15.0 Å². The lowest BCUT2D eigenvalue weighted by Gasteiger charge is -2.19. The standard InChI is InChI=1S/C22H23N5O3/c1-4-30-22(29)19-15(2)20(26-21(25-19)16-10-12-23-13-11-16)24-14-18(28)27(3)17-8-6-5-7-9-17/h5-13H,4,14H2,1-3H3,(H,24,25,26). The van der Waals surface area contributed by atoms with Crippen molar-refractivity contribution in [1.82, 2.24) is 15.0 Å². The molecule has 154 valence electrons. The zero-order valence-corrected chi connectivity index (χ0v) is 17.1. The van der Waals surface area contributed by atoms with Crippen LogP contribution in [0.3, 0.4) is 0 Å². The first-order valence-corrected chi connectivity index (χ1v) is 9.53. The molecule has 2 heterocycles. The smallest absolute Gasteiger partial charge is 0.357 e. The highest BCUT2D eigenvalue weighted by Crippen LogP contribution is 2.22. The summed E-state index contributed by atoms with van der Waals surface area (Å²) in [5, 5.41) is 3.05. The maximum Gasteiger partial charge on any atom is 0.357 e. The number of nitrogens with one attached hydrogen (secondary N) is 1. The molecule has 0 bridgehead atoms. The van der Waals surface area contributed by atoms with E-state index in [1.54, 1.807) is 50.3 Å². The Kier molecular flexibility index (Phi) is 6.69. The zero-order valence-electron chi connectivity index (χ0n) is 17.1. The van der Waals surface area contributed by atoms with Crippen LogP contribution in [-0.2, 0) is 9.53 Å². The molecule has 0 atom stereocenters. The second kappa shape index (κ2) is 9.60. The monoisotopic (exact) mass is 405 g/mol. The van der Waals surface area contributed by atoms with Crippen LogP contribution in [0.1, 0.15) is 23.0 Å². The number of anilines is 2. The quantitative estimate of drug-likeness (QED) is 0.603. The van der Waals surface area contributed by atoms with E-state index in [2.05, 4.69) is 20.3 Å². The van der Waals surface area contributed by atoms with Gasteiger partial charge in [0.2, 0.25) is 5.91 Å². The van der Waals surface area contributed by atoms with Gasteiger partial charge >= 0.3 is 5.97 Å². The number of benzene rings is 1. The van der Waals surface area contributed by atoms with Gasteiger partial charge in [-0.1, -0.05) is 18.2 Å². The summed E-state index contributed by atoms with van der Waals surface area (Å²) in [6, 6.07) is 12.8. The summed E-state index contributed by atoms with van der Waals surface area (Å²) in [6.07, 6.45) is 3.24. The van der Waals surface area contributed by atoms with Crippen LogP contribution in [0, 0.1) is 6.92 Å². The van der Waals surface area contributed by atoms with Gasteiger partial charge in [0, 0.05) is 36.3 Å². The Bertz CT molecular complexity index is 1030. The lowest BCUT2D eigenvalue weighted by atomic mass is 10.2. The molecule has 0 saturated heterocycles. The average Bonchev–Trinajstić information content (AvgIpc) is 2.79. The molecule has 0 aliphatic rings. The fourth-order valence-corrected chi connectivity index (χ4v) is 2.79. The van der Waals surface area contributed by atoms with Crippen LogP contribution in [0.25, 0.3) is 11.4 Å². The van der Waals surface area contributed by atoms with Crippen molar-refractivity contribution in [2.24, 2.45) is 0 Å². The number of aromatic nitrogens is 3. The fourth-order valence-electron chi connectivity index (χ4n) is 2.79. The van der Waals surface area contributed by atoms with Crippen LogP contribution in [0.15, 0.2) is 54.9 Å². The van der Waals surface area contributed by atoms with Crippen LogP contribution in [0.4, 0.5) is 11.5 Å². The number of hydrogen-bond acceptors (Lipinski definition) is 7. The first-order chi connectivity index (χ1) is 14.5. The highest BCUT2D eigenvalue weighted by molar-refractivity contribution is 5.96. The maximum atomic E-state index is 12.6. The van der Waals surface area contributed by atoms with Crippen molar-refractivity contribution in [2.75, 3.05) is 30.4 Å². The largest absolute Gasteiger partial charge is 0.461 e. The summed E-state index contributed by atoms with van der Waals surface area (Å²) in [7, 11) is 1.71. The summed E-state index contributed by atoms with van der Waals surface area (Å²) in [5.74, 6) is 0.0536. The van der Waals surface area contributed by atoms with Crippen molar-refractivity contribution >= 4 is 23.4 Å². The van der Waals surface area contributed by atoms with E-state index in [0.717, 1.165) is 5.69 Å². The number of amides is 1. The van der Waals surface area contributed by atoms with Gasteiger partial charge in [0.05, 0.1) is 13.2 Å². The van der Waals surface area contributed by atoms with Gasteiger partial charge in [0.25, 0.3) is 0 Å². The van der Waals surface area contributed by atoms with Crippen LogP contribution >= 0.6 is 0 Å². The molecule has 0 fully saturated rings. The van der Waals surface area contributed by atoms with Gasteiger partial charge in [0.1, 0.15) is 5.82 Å². The molecule has 8 nitrogen and oxygen atoms in total. The van der Waals surface area contributed by atoms with E-state index in [9.17, 15) is 9.59 Å². The predicted octanol–water partition coefficient (Wildman–Crippen LogP) is 3.10. The van der Waals surface area contributed by atoms with Crippen LogP contribution < -0.4 is 10.2 Å². The molecule has 3 rings (SSSR count). The number of para-hydroxylation sites is 1. The van der Waals surface area contributed by atoms with E-state index < -0.39 is 5.97 Å². The summed E-state index contributed by atoms with van der Waals surface area (Å²) >= 11 is 0. The summed E-state index contributed by atoms with van der Waals surface area (Å²) in [6.45, 7) is 3.68. The third-order valence-corrected chi connectivity index (χ3v) is 4.48. The normalized spacial score (nSPS) is 10.4. The number of carbonyl (C=O) groups is 2. The lowest BCUT2D eigenvalue weighted by molar-refractivity contribution is -0.116. The minimum absolute atomic E-state index is 0.00129. The Morgan fingerprint density at radius 1 is 1.07 bits per heavy atom. The van der Waals surface area contributed by atoms with Crippen LogP contribution in [-0.4, -0.2) is 47.0 Å². The summed E-state index contributed by atoms with van der Waals surface area (Å²) in [5.41, 5.74) is 2.16. The van der Waals surface area contributed by atoms with E-state index >= 15 is 0 Å². The van der Waals surface area contributed by atoms with Gasteiger partial charge in [-0.25, -0.2) is 14.8 Å². The van der Waals surface area contributed by atoms with E-state index in [-0.39, 0.29) is 24.8 Å². The molecule has 1 aromatic carbocycles. The number of ether oxygens (including phenoxy) is 1. The number of rotatable bonds is 7. The molecule has 0 saturated carbocycles. The minimum Gasteiger partial charge on any atom is -0.461 e. The third kappa shape index (κ3) is 4.78. The molecule has 30 heavy (non-hydrogen) atoms. The molecule has 1 amide bonds. The first kappa shape index (κ1) is 20.9.